The van der Waals surface area contributed by atoms with E-state index in [0.717, 1.165) is 27.4 Å². The van der Waals surface area contributed by atoms with E-state index in [0.29, 0.717) is 17.1 Å². The maximum absolute atomic E-state index is 14.1. The normalized spacial score (nSPS) is 12.8. The number of carbonyl (C=O) groups excluding carboxylic acids is 2. The molecule has 0 radical (unpaired) electrons. The molecule has 0 spiro atoms. The largest absolute Gasteiger partial charge is 0.352 e. The van der Waals surface area contributed by atoms with Crippen LogP contribution in [0.2, 0.25) is 5.02 Å². The van der Waals surface area contributed by atoms with Gasteiger partial charge in [0.25, 0.3) is 10.0 Å². The zero-order valence-electron chi connectivity index (χ0n) is 23.7. The van der Waals surface area contributed by atoms with Crippen molar-refractivity contribution in [2.75, 3.05) is 10.8 Å². The molecule has 40 heavy (non-hydrogen) atoms. The Morgan fingerprint density at radius 2 is 1.55 bits per heavy atom. The summed E-state index contributed by atoms with van der Waals surface area (Å²) in [7, 11) is -4.11. The summed E-state index contributed by atoms with van der Waals surface area (Å²) in [5, 5.41) is 3.54. The predicted octanol–water partition coefficient (Wildman–Crippen LogP) is 5.87. The van der Waals surface area contributed by atoms with Crippen molar-refractivity contribution in [3.8, 4) is 0 Å². The minimum atomic E-state index is -4.11. The first-order valence-corrected chi connectivity index (χ1v) is 15.3. The van der Waals surface area contributed by atoms with E-state index < -0.39 is 28.5 Å². The second-order valence-electron chi connectivity index (χ2n) is 9.93. The summed E-state index contributed by atoms with van der Waals surface area (Å²) < 4.78 is 29.1. The van der Waals surface area contributed by atoms with Crippen LogP contribution < -0.4 is 9.62 Å². The number of benzene rings is 3. The van der Waals surface area contributed by atoms with E-state index in [4.69, 9.17) is 11.6 Å². The van der Waals surface area contributed by atoms with Gasteiger partial charge in [0.1, 0.15) is 12.6 Å². The molecule has 0 aliphatic heterocycles. The van der Waals surface area contributed by atoms with Crippen molar-refractivity contribution in [3.63, 3.8) is 0 Å². The van der Waals surface area contributed by atoms with E-state index in [-0.39, 0.29) is 23.4 Å². The number of sulfonamides is 1. The number of nitrogens with zero attached hydrogens (tertiary/aromatic N) is 2. The van der Waals surface area contributed by atoms with Crippen molar-refractivity contribution in [3.05, 3.63) is 94.5 Å². The SMILES string of the molecule is CC[C@@H](C)NC(=O)[C@@H](CC)N(Cc1ccc(Cl)cc1)C(=O)CN(c1cccc(C)c1C)S(=O)(=O)c1ccccc1. The first kappa shape index (κ1) is 31.2. The molecule has 2 amide bonds. The van der Waals surface area contributed by atoms with E-state index in [1.54, 1.807) is 54.6 Å². The first-order valence-electron chi connectivity index (χ1n) is 13.5. The Labute approximate surface area is 243 Å². The van der Waals surface area contributed by atoms with Crippen LogP contribution in [0.3, 0.4) is 0 Å². The molecule has 0 heterocycles. The first-order chi connectivity index (χ1) is 19.0. The van der Waals surface area contributed by atoms with Crippen molar-refractivity contribution >= 4 is 39.1 Å². The molecule has 2 atom stereocenters. The zero-order valence-corrected chi connectivity index (χ0v) is 25.3. The Morgan fingerprint density at radius 1 is 0.900 bits per heavy atom. The van der Waals surface area contributed by atoms with Gasteiger partial charge < -0.3 is 10.2 Å². The van der Waals surface area contributed by atoms with Crippen molar-refractivity contribution in [1.82, 2.24) is 10.2 Å². The molecule has 0 unspecified atom stereocenters. The zero-order chi connectivity index (χ0) is 29.4. The summed E-state index contributed by atoms with van der Waals surface area (Å²) in [6.07, 6.45) is 1.10. The Bertz CT molecular complexity index is 1410. The Kier molecular flexibility index (Phi) is 10.8. The summed E-state index contributed by atoms with van der Waals surface area (Å²) in [5.41, 5.74) is 2.84. The van der Waals surface area contributed by atoms with Crippen LogP contribution >= 0.6 is 11.6 Å². The molecule has 3 aromatic rings. The van der Waals surface area contributed by atoms with Gasteiger partial charge in [-0.25, -0.2) is 8.42 Å². The third-order valence-corrected chi connectivity index (χ3v) is 9.13. The maximum Gasteiger partial charge on any atom is 0.264 e. The summed E-state index contributed by atoms with van der Waals surface area (Å²) in [6, 6.07) is 19.6. The quantitative estimate of drug-likeness (QED) is 0.289. The summed E-state index contributed by atoms with van der Waals surface area (Å²) >= 11 is 6.08. The molecule has 0 fully saturated rings. The van der Waals surface area contributed by atoms with E-state index in [1.807, 2.05) is 40.7 Å². The van der Waals surface area contributed by atoms with E-state index >= 15 is 0 Å². The summed E-state index contributed by atoms with van der Waals surface area (Å²) in [4.78, 5) is 29.0. The second kappa shape index (κ2) is 13.8. The van der Waals surface area contributed by atoms with Gasteiger partial charge in [-0.15, -0.1) is 0 Å². The Balaban J connectivity index is 2.08. The van der Waals surface area contributed by atoms with Gasteiger partial charge in [0.05, 0.1) is 10.6 Å². The number of amides is 2. The number of halogens is 1. The number of aryl methyl sites for hydroxylation is 1. The highest BCUT2D eigenvalue weighted by atomic mass is 35.5. The van der Waals surface area contributed by atoms with Gasteiger partial charge in [-0.2, -0.15) is 0 Å². The third kappa shape index (κ3) is 7.43. The molecular weight excluding hydrogens is 546 g/mol. The Morgan fingerprint density at radius 3 is 2.15 bits per heavy atom. The van der Waals surface area contributed by atoms with Gasteiger partial charge in [0, 0.05) is 17.6 Å². The average molecular weight is 584 g/mol. The summed E-state index contributed by atoms with van der Waals surface area (Å²) in [6.45, 7) is 9.10. The van der Waals surface area contributed by atoms with Crippen LogP contribution in [-0.4, -0.2) is 43.8 Å². The van der Waals surface area contributed by atoms with Crippen LogP contribution in [0.1, 0.15) is 50.3 Å². The lowest BCUT2D eigenvalue weighted by Gasteiger charge is -2.34. The van der Waals surface area contributed by atoms with Crippen LogP contribution in [0.4, 0.5) is 5.69 Å². The molecule has 214 valence electrons. The lowest BCUT2D eigenvalue weighted by Crippen LogP contribution is -2.53. The smallest absolute Gasteiger partial charge is 0.264 e. The minimum absolute atomic E-state index is 0.0704. The van der Waals surface area contributed by atoms with Gasteiger partial charge >= 0.3 is 0 Å². The highest BCUT2D eigenvalue weighted by Gasteiger charge is 2.34. The number of rotatable bonds is 12. The predicted molar refractivity (Wildman–Crippen MR) is 161 cm³/mol. The van der Waals surface area contributed by atoms with E-state index in [2.05, 4.69) is 5.32 Å². The molecule has 0 saturated heterocycles. The lowest BCUT2D eigenvalue weighted by molar-refractivity contribution is -0.140. The molecule has 3 rings (SSSR count). The number of hydrogen-bond acceptors (Lipinski definition) is 4. The van der Waals surface area contributed by atoms with Crippen molar-refractivity contribution in [1.29, 1.82) is 0 Å². The van der Waals surface area contributed by atoms with Gasteiger partial charge in [0.2, 0.25) is 11.8 Å². The molecular formula is C31H38ClN3O4S. The second-order valence-corrected chi connectivity index (χ2v) is 12.2. The van der Waals surface area contributed by atoms with Gasteiger partial charge in [0.15, 0.2) is 0 Å². The Hall–Kier alpha value is -3.36. The summed E-state index contributed by atoms with van der Waals surface area (Å²) in [5.74, 6) is -0.759. The van der Waals surface area contributed by atoms with Gasteiger partial charge in [-0.05, 0) is 80.6 Å². The molecule has 0 bridgehead atoms. The molecule has 0 aromatic heterocycles. The lowest BCUT2D eigenvalue weighted by atomic mass is 10.1. The van der Waals surface area contributed by atoms with Crippen molar-refractivity contribution in [2.45, 2.75) is 71.0 Å². The standard InChI is InChI=1S/C31H38ClN3O4S/c1-6-23(4)33-31(37)28(7-2)34(20-25-16-18-26(32)19-17-25)30(36)21-35(29-15-11-12-22(3)24(29)5)40(38,39)27-13-9-8-10-14-27/h8-19,23,28H,6-7,20-21H2,1-5H3,(H,33,37)/t23-,28-/m1/s1. The van der Waals surface area contributed by atoms with E-state index in [9.17, 15) is 18.0 Å². The van der Waals surface area contributed by atoms with Crippen LogP contribution in [0.15, 0.2) is 77.7 Å². The fourth-order valence-electron chi connectivity index (χ4n) is 4.39. The minimum Gasteiger partial charge on any atom is -0.352 e. The molecule has 3 aromatic carbocycles. The number of nitrogens with one attached hydrogen (secondary N) is 1. The molecule has 0 aliphatic rings. The highest BCUT2D eigenvalue weighted by Crippen LogP contribution is 2.29. The van der Waals surface area contributed by atoms with Crippen molar-refractivity contribution < 1.29 is 18.0 Å². The number of carbonyl (C=O) groups is 2. The van der Waals surface area contributed by atoms with E-state index in [1.165, 1.54) is 17.0 Å². The number of hydrogen-bond donors (Lipinski definition) is 1. The highest BCUT2D eigenvalue weighted by molar-refractivity contribution is 7.92. The van der Waals surface area contributed by atoms with Crippen LogP contribution in [0, 0.1) is 13.8 Å². The number of anilines is 1. The molecule has 9 heteroatoms. The van der Waals surface area contributed by atoms with Gasteiger partial charge in [-0.3, -0.25) is 13.9 Å². The van der Waals surface area contributed by atoms with Crippen LogP contribution in [0.5, 0.6) is 0 Å². The molecule has 0 saturated carbocycles. The molecule has 7 nitrogen and oxygen atoms in total. The average Bonchev–Trinajstić information content (AvgIpc) is 2.94. The van der Waals surface area contributed by atoms with Gasteiger partial charge in [-0.1, -0.05) is 67.9 Å². The fourth-order valence-corrected chi connectivity index (χ4v) is 6.00. The monoisotopic (exact) mass is 583 g/mol. The molecule has 1 N–H and O–H groups in total. The topological polar surface area (TPSA) is 86.8 Å². The molecule has 0 aliphatic carbocycles. The maximum atomic E-state index is 14.1. The van der Waals surface area contributed by atoms with Crippen LogP contribution in [0.25, 0.3) is 0 Å². The fraction of sp³-hybridized carbons (Fsp3) is 0.355. The van der Waals surface area contributed by atoms with Crippen LogP contribution in [-0.2, 0) is 26.2 Å². The third-order valence-electron chi connectivity index (χ3n) is 7.11. The van der Waals surface area contributed by atoms with Crippen molar-refractivity contribution in [2.24, 2.45) is 0 Å².